The minimum atomic E-state index is -0.183. The van der Waals surface area contributed by atoms with E-state index in [0.29, 0.717) is 10.8 Å². The fraction of sp³-hybridized carbons (Fsp3) is 0.222. The van der Waals surface area contributed by atoms with Crippen molar-refractivity contribution in [2.45, 2.75) is 22.9 Å². The first-order valence-electron chi connectivity index (χ1n) is 8.28. The van der Waals surface area contributed by atoms with Gasteiger partial charge in [-0.2, -0.15) is 0 Å². The molecular formula is C18H17ClN4O2S3. The summed E-state index contributed by atoms with van der Waals surface area (Å²) in [6, 6.07) is 7.73. The molecule has 3 rings (SSSR count). The molecule has 2 N–H and O–H groups in total. The van der Waals surface area contributed by atoms with Gasteiger partial charge >= 0.3 is 0 Å². The smallest absolute Gasteiger partial charge is 0.232 e. The molecule has 28 heavy (non-hydrogen) atoms. The van der Waals surface area contributed by atoms with E-state index in [9.17, 15) is 9.59 Å². The molecule has 0 bridgehead atoms. The second-order valence-electron chi connectivity index (χ2n) is 5.74. The molecule has 0 saturated carbocycles. The number of benzene rings is 1. The molecule has 3 aromatic rings. The molecule has 0 unspecified atom stereocenters. The zero-order chi connectivity index (χ0) is 19.9. The topological polar surface area (TPSA) is 84.0 Å². The van der Waals surface area contributed by atoms with Crippen LogP contribution in [-0.4, -0.2) is 28.8 Å². The lowest BCUT2D eigenvalue weighted by molar-refractivity contribution is -0.120. The molecule has 1 aromatic carbocycles. The largest absolute Gasteiger partial charge is 0.359 e. The molecule has 2 amide bonds. The molecule has 0 fully saturated rings. The van der Waals surface area contributed by atoms with Crippen molar-refractivity contribution in [2.75, 3.05) is 12.4 Å². The van der Waals surface area contributed by atoms with E-state index >= 15 is 0 Å². The lowest BCUT2D eigenvalue weighted by atomic mass is 10.2. The lowest BCUT2D eigenvalue weighted by Gasteiger charge is -2.00. The number of anilines is 1. The summed E-state index contributed by atoms with van der Waals surface area (Å²) in [5.74, 6) is 0.471. The number of halogens is 1. The Kier molecular flexibility index (Phi) is 7.43. The Morgan fingerprint density at radius 1 is 1.11 bits per heavy atom. The first-order valence-corrected chi connectivity index (χ1v) is 11.4. The molecule has 146 valence electrons. The molecule has 0 atom stereocenters. The number of thiazole rings is 2. The Labute approximate surface area is 179 Å². The molecule has 0 saturated heterocycles. The van der Waals surface area contributed by atoms with Gasteiger partial charge in [-0.25, -0.2) is 9.97 Å². The molecule has 10 heteroatoms. The fourth-order valence-corrected chi connectivity index (χ4v) is 4.96. The van der Waals surface area contributed by atoms with E-state index in [1.807, 2.05) is 29.6 Å². The summed E-state index contributed by atoms with van der Waals surface area (Å²) in [6.45, 7) is 0. The van der Waals surface area contributed by atoms with Crippen molar-refractivity contribution >= 4 is 63.0 Å². The number of carbonyl (C=O) groups excluding carboxylic acids is 2. The number of likely N-dealkylation sites (N-methyl/N-ethyl adjacent to an activating group) is 1. The van der Waals surface area contributed by atoms with Gasteiger partial charge in [0.25, 0.3) is 0 Å². The second kappa shape index (κ2) is 10.0. The number of nitrogens with zero attached hydrogens (tertiary/aromatic N) is 2. The maximum absolute atomic E-state index is 12.2. The van der Waals surface area contributed by atoms with Gasteiger partial charge in [-0.1, -0.05) is 35.5 Å². The molecule has 2 heterocycles. The Morgan fingerprint density at radius 2 is 1.86 bits per heavy atom. The Hall–Kier alpha value is -1.94. The van der Waals surface area contributed by atoms with Crippen molar-refractivity contribution in [3.8, 4) is 0 Å². The molecule has 0 aliphatic rings. The normalized spacial score (nSPS) is 10.6. The highest BCUT2D eigenvalue weighted by molar-refractivity contribution is 8.00. The van der Waals surface area contributed by atoms with Gasteiger partial charge in [0.15, 0.2) is 5.13 Å². The Balaban J connectivity index is 1.49. The van der Waals surface area contributed by atoms with Crippen molar-refractivity contribution in [3.63, 3.8) is 0 Å². The summed E-state index contributed by atoms with van der Waals surface area (Å²) in [5, 5.41) is 10.1. The highest BCUT2D eigenvalue weighted by Gasteiger charge is 2.12. The maximum atomic E-state index is 12.2. The van der Waals surface area contributed by atoms with E-state index in [1.54, 1.807) is 24.2 Å². The van der Waals surface area contributed by atoms with E-state index in [4.69, 9.17) is 11.6 Å². The Morgan fingerprint density at radius 3 is 2.64 bits per heavy atom. The third-order valence-corrected chi connectivity index (χ3v) is 6.72. The van der Waals surface area contributed by atoms with Crippen LogP contribution in [0.3, 0.4) is 0 Å². The summed E-state index contributed by atoms with van der Waals surface area (Å²) >= 11 is 10.4. The van der Waals surface area contributed by atoms with E-state index in [0.717, 1.165) is 26.4 Å². The molecule has 2 aromatic heterocycles. The number of hydrogen-bond donors (Lipinski definition) is 2. The van der Waals surface area contributed by atoms with Gasteiger partial charge in [-0.05, 0) is 17.7 Å². The van der Waals surface area contributed by atoms with Gasteiger partial charge < -0.3 is 10.6 Å². The van der Waals surface area contributed by atoms with E-state index in [2.05, 4.69) is 20.6 Å². The van der Waals surface area contributed by atoms with Crippen LogP contribution in [0.25, 0.3) is 0 Å². The van der Waals surface area contributed by atoms with E-state index in [-0.39, 0.29) is 24.7 Å². The first kappa shape index (κ1) is 20.8. The zero-order valence-electron chi connectivity index (χ0n) is 14.9. The minimum Gasteiger partial charge on any atom is -0.359 e. The van der Waals surface area contributed by atoms with Crippen molar-refractivity contribution in [2.24, 2.45) is 0 Å². The average molecular weight is 453 g/mol. The first-order chi connectivity index (χ1) is 13.5. The SMILES string of the molecule is CNC(=O)Cc1csc(NC(=O)Cc2csc(SCc3cccc(Cl)c3)n2)n1. The van der Waals surface area contributed by atoms with Crippen LogP contribution in [0.2, 0.25) is 5.02 Å². The van der Waals surface area contributed by atoms with Crippen molar-refractivity contribution in [1.29, 1.82) is 0 Å². The third kappa shape index (κ3) is 6.30. The quantitative estimate of drug-likeness (QED) is 0.504. The van der Waals surface area contributed by atoms with Crippen molar-refractivity contribution in [1.82, 2.24) is 15.3 Å². The van der Waals surface area contributed by atoms with Gasteiger partial charge in [-0.15, -0.1) is 22.7 Å². The van der Waals surface area contributed by atoms with Crippen LogP contribution in [0.15, 0.2) is 39.4 Å². The van der Waals surface area contributed by atoms with Crippen molar-refractivity contribution in [3.05, 3.63) is 57.0 Å². The van der Waals surface area contributed by atoms with Crippen LogP contribution in [-0.2, 0) is 28.2 Å². The van der Waals surface area contributed by atoms with E-state index < -0.39 is 0 Å². The predicted molar refractivity (Wildman–Crippen MR) is 115 cm³/mol. The van der Waals surface area contributed by atoms with Crippen LogP contribution in [0.4, 0.5) is 5.13 Å². The number of rotatable bonds is 8. The van der Waals surface area contributed by atoms with Crippen LogP contribution < -0.4 is 10.6 Å². The van der Waals surface area contributed by atoms with Crippen LogP contribution >= 0.6 is 46.0 Å². The fourth-order valence-electron chi connectivity index (χ4n) is 2.23. The summed E-state index contributed by atoms with van der Waals surface area (Å²) in [6.07, 6.45) is 0.376. The molecule has 0 aliphatic carbocycles. The highest BCUT2D eigenvalue weighted by atomic mass is 35.5. The standard InChI is InChI=1S/C18H17ClN4O2S3/c1-20-15(24)6-13-9-26-17(21-13)23-16(25)7-14-10-28-18(22-14)27-8-11-3-2-4-12(19)5-11/h2-5,9-10H,6-8H2,1H3,(H,20,24)(H,21,23,25). The van der Waals surface area contributed by atoms with Crippen LogP contribution in [0, 0.1) is 0 Å². The van der Waals surface area contributed by atoms with Gasteiger partial charge in [0, 0.05) is 28.6 Å². The molecule has 6 nitrogen and oxygen atoms in total. The van der Waals surface area contributed by atoms with Gasteiger partial charge in [0.2, 0.25) is 11.8 Å². The summed E-state index contributed by atoms with van der Waals surface area (Å²) < 4.78 is 0.907. The van der Waals surface area contributed by atoms with Crippen LogP contribution in [0.1, 0.15) is 17.0 Å². The molecule has 0 spiro atoms. The average Bonchev–Trinajstić information content (AvgIpc) is 3.29. The van der Waals surface area contributed by atoms with Gasteiger partial charge in [0.1, 0.15) is 4.34 Å². The molecular weight excluding hydrogens is 436 g/mol. The number of aromatic nitrogens is 2. The minimum absolute atomic E-state index is 0.117. The summed E-state index contributed by atoms with van der Waals surface area (Å²) in [7, 11) is 1.58. The van der Waals surface area contributed by atoms with Gasteiger partial charge in [0.05, 0.1) is 24.2 Å². The summed E-state index contributed by atoms with van der Waals surface area (Å²) in [4.78, 5) is 32.3. The lowest BCUT2D eigenvalue weighted by Crippen LogP contribution is -2.20. The maximum Gasteiger partial charge on any atom is 0.232 e. The number of nitrogens with one attached hydrogen (secondary N) is 2. The van der Waals surface area contributed by atoms with Crippen molar-refractivity contribution < 1.29 is 9.59 Å². The van der Waals surface area contributed by atoms with Crippen LogP contribution in [0.5, 0.6) is 0 Å². The Bertz CT molecular complexity index is 973. The van der Waals surface area contributed by atoms with E-state index in [1.165, 1.54) is 22.7 Å². The second-order valence-corrected chi connectivity index (χ2v) is 9.12. The number of carbonyl (C=O) groups is 2. The number of thioether (sulfide) groups is 1. The zero-order valence-corrected chi connectivity index (χ0v) is 18.1. The molecule has 0 aliphatic heterocycles. The number of hydrogen-bond acceptors (Lipinski definition) is 7. The third-order valence-electron chi connectivity index (χ3n) is 3.54. The number of amides is 2. The molecule has 0 radical (unpaired) electrons. The van der Waals surface area contributed by atoms with Gasteiger partial charge in [-0.3, -0.25) is 9.59 Å². The predicted octanol–water partition coefficient (Wildman–Crippen LogP) is 4.02. The monoisotopic (exact) mass is 452 g/mol. The highest BCUT2D eigenvalue weighted by Crippen LogP contribution is 2.27. The summed E-state index contributed by atoms with van der Waals surface area (Å²) in [5.41, 5.74) is 2.48.